The molecule has 0 atom stereocenters. The van der Waals surface area contributed by atoms with Gasteiger partial charge in [0.05, 0.1) is 4.11 Å². The summed E-state index contributed by atoms with van der Waals surface area (Å²) in [7, 11) is 0. The molecule has 1 nitrogen and oxygen atoms in total. The van der Waals surface area contributed by atoms with Gasteiger partial charge in [0, 0.05) is 16.8 Å². The van der Waals surface area contributed by atoms with E-state index in [4.69, 9.17) is 9.85 Å². The van der Waals surface area contributed by atoms with Crippen LogP contribution in [0.2, 0.25) is 0 Å². The van der Waals surface area contributed by atoms with Crippen LogP contribution in [-0.2, 0) is 0 Å². The summed E-state index contributed by atoms with van der Waals surface area (Å²) in [5.41, 5.74) is 9.28. The lowest BCUT2D eigenvalue weighted by Crippen LogP contribution is -1.93. The summed E-state index contributed by atoms with van der Waals surface area (Å²) in [5, 5.41) is 0. The van der Waals surface area contributed by atoms with Gasteiger partial charge in [-0.25, -0.2) is 0 Å². The highest BCUT2D eigenvalue weighted by Gasteiger charge is 2.07. The number of benzene rings is 3. The van der Waals surface area contributed by atoms with Crippen molar-refractivity contribution in [1.29, 1.82) is 0 Å². The average molecular weight is 248 g/mol. The maximum Gasteiger partial charge on any atom is 0.0630 e. The minimum atomic E-state index is -0.105. The molecule has 0 unspecified atom stereocenters. The first-order valence-corrected chi connectivity index (χ1v) is 6.11. The van der Waals surface area contributed by atoms with E-state index in [0.717, 1.165) is 11.1 Å². The van der Waals surface area contributed by atoms with Crippen LogP contribution in [0.15, 0.2) is 78.8 Å². The van der Waals surface area contributed by atoms with Gasteiger partial charge < -0.3 is 5.73 Å². The maximum absolute atomic E-state index is 8.19. The summed E-state index contributed by atoms with van der Waals surface area (Å²) >= 11 is 0. The van der Waals surface area contributed by atoms with Gasteiger partial charge in [0.15, 0.2) is 0 Å². The van der Waals surface area contributed by atoms with Crippen LogP contribution in [0.3, 0.4) is 0 Å². The summed E-state index contributed by atoms with van der Waals surface area (Å²) in [6.45, 7) is 0. The Morgan fingerprint density at radius 2 is 1.11 bits per heavy atom. The number of nitrogen functional groups attached to an aromatic ring is 1. The lowest BCUT2D eigenvalue weighted by Gasteiger charge is -2.11. The molecule has 3 aromatic carbocycles. The van der Waals surface area contributed by atoms with E-state index in [1.165, 1.54) is 0 Å². The minimum Gasteiger partial charge on any atom is -0.398 e. The highest BCUT2D eigenvalue weighted by atomic mass is 14.6. The fourth-order valence-corrected chi connectivity index (χ4v) is 2.08. The number of anilines is 1. The Balaban J connectivity index is 2.36. The highest BCUT2D eigenvalue weighted by molar-refractivity contribution is 5.88. The van der Waals surface area contributed by atoms with Crippen molar-refractivity contribution >= 4 is 5.69 Å². The van der Waals surface area contributed by atoms with Crippen LogP contribution in [0.5, 0.6) is 0 Å². The fraction of sp³-hybridized carbons (Fsp3) is 0. The van der Waals surface area contributed by atoms with Crippen molar-refractivity contribution in [1.82, 2.24) is 0 Å². The van der Waals surface area contributed by atoms with E-state index in [2.05, 4.69) is 0 Å². The molecule has 0 heterocycles. The van der Waals surface area contributed by atoms with E-state index in [9.17, 15) is 0 Å². The molecule has 0 fully saturated rings. The average Bonchev–Trinajstić information content (AvgIpc) is 2.55. The summed E-state index contributed by atoms with van der Waals surface area (Å²) in [6.07, 6.45) is 0. The fourth-order valence-electron chi connectivity index (χ4n) is 2.08. The molecule has 3 rings (SSSR count). The third-order valence-corrected chi connectivity index (χ3v) is 3.04. The van der Waals surface area contributed by atoms with Gasteiger partial charge in [-0.1, -0.05) is 78.8 Å². The maximum atomic E-state index is 8.19. The molecule has 0 aliphatic rings. The molecule has 0 spiro atoms. The predicted octanol–water partition coefficient (Wildman–Crippen LogP) is 4.60. The molecule has 0 saturated carbocycles. The zero-order valence-corrected chi connectivity index (χ0v) is 10.4. The molecule has 1 heteroatoms. The molecule has 3 aromatic rings. The third-order valence-electron chi connectivity index (χ3n) is 3.04. The highest BCUT2D eigenvalue weighted by Crippen LogP contribution is 2.34. The molecule has 92 valence electrons. The first kappa shape index (κ1) is 8.54. The number of hydrogen-bond donors (Lipinski definition) is 1. The molecule has 0 radical (unpaired) electrons. The van der Waals surface area contributed by atoms with E-state index >= 15 is 0 Å². The van der Waals surface area contributed by atoms with Gasteiger partial charge in [-0.2, -0.15) is 0 Å². The molecule has 0 amide bonds. The SMILES string of the molecule is [2H]c1c([2H])c(-c2ccccc2)c(N)c(-c2ccccc2)c1[2H]. The third kappa shape index (κ3) is 2.23. The van der Waals surface area contributed by atoms with Crippen molar-refractivity contribution in [3.05, 3.63) is 78.8 Å². The van der Waals surface area contributed by atoms with Gasteiger partial charge in [0.1, 0.15) is 0 Å². The van der Waals surface area contributed by atoms with Crippen LogP contribution in [0, 0.1) is 0 Å². The number of para-hydroxylation sites is 1. The van der Waals surface area contributed by atoms with Crippen molar-refractivity contribution in [3.8, 4) is 22.3 Å². The van der Waals surface area contributed by atoms with Crippen molar-refractivity contribution in [2.45, 2.75) is 0 Å². The summed E-state index contributed by atoms with van der Waals surface area (Å²) in [6, 6.07) is 18.6. The summed E-state index contributed by atoms with van der Waals surface area (Å²) < 4.78 is 24.5. The lowest BCUT2D eigenvalue weighted by atomic mass is 9.96. The van der Waals surface area contributed by atoms with Gasteiger partial charge in [-0.05, 0) is 11.1 Å². The molecular weight excluding hydrogens is 230 g/mol. The standard InChI is InChI=1S/C18H15N/c19-18-16(14-8-3-1-4-9-14)12-7-13-17(18)15-10-5-2-6-11-15/h1-13H,19H2/i7D,12D,13D. The van der Waals surface area contributed by atoms with Crippen molar-refractivity contribution < 1.29 is 4.11 Å². The molecule has 0 bridgehead atoms. The molecule has 2 N–H and O–H groups in total. The quantitative estimate of drug-likeness (QED) is 0.659. The van der Waals surface area contributed by atoms with E-state index in [1.54, 1.807) is 0 Å². The van der Waals surface area contributed by atoms with Crippen LogP contribution in [-0.4, -0.2) is 0 Å². The van der Waals surface area contributed by atoms with E-state index in [0.29, 0.717) is 16.8 Å². The molecular formula is C18H15N. The van der Waals surface area contributed by atoms with Crippen LogP contribution >= 0.6 is 0 Å². The Kier molecular flexibility index (Phi) is 2.24. The van der Waals surface area contributed by atoms with Crippen LogP contribution in [0.1, 0.15) is 4.11 Å². The van der Waals surface area contributed by atoms with Gasteiger partial charge >= 0.3 is 0 Å². The van der Waals surface area contributed by atoms with Crippen molar-refractivity contribution in [2.24, 2.45) is 0 Å². The van der Waals surface area contributed by atoms with Crippen LogP contribution < -0.4 is 5.73 Å². The molecule has 19 heavy (non-hydrogen) atoms. The second-order valence-corrected chi connectivity index (χ2v) is 4.27. The first-order chi connectivity index (χ1) is 10.6. The minimum absolute atomic E-state index is 0.00613. The second kappa shape index (κ2) is 4.99. The molecule has 0 aliphatic carbocycles. The largest absolute Gasteiger partial charge is 0.398 e. The summed E-state index contributed by atoms with van der Waals surface area (Å²) in [5.74, 6) is 0. The van der Waals surface area contributed by atoms with E-state index < -0.39 is 0 Å². The zero-order chi connectivity index (χ0) is 15.7. The van der Waals surface area contributed by atoms with Crippen molar-refractivity contribution in [2.75, 3.05) is 5.73 Å². The first-order valence-electron chi connectivity index (χ1n) is 7.61. The number of hydrogen-bond acceptors (Lipinski definition) is 1. The zero-order valence-electron chi connectivity index (χ0n) is 13.4. The van der Waals surface area contributed by atoms with Gasteiger partial charge in [0.2, 0.25) is 0 Å². The lowest BCUT2D eigenvalue weighted by molar-refractivity contribution is 1.58. The van der Waals surface area contributed by atoms with Gasteiger partial charge in [-0.15, -0.1) is 0 Å². The smallest absolute Gasteiger partial charge is 0.0630 e. The Hall–Kier alpha value is -2.54. The Bertz CT molecular complexity index is 748. The van der Waals surface area contributed by atoms with Gasteiger partial charge in [-0.3, -0.25) is 0 Å². The molecule has 0 aliphatic heterocycles. The molecule has 0 aromatic heterocycles. The summed E-state index contributed by atoms with van der Waals surface area (Å²) in [4.78, 5) is 0. The Morgan fingerprint density at radius 3 is 1.53 bits per heavy atom. The topological polar surface area (TPSA) is 26.0 Å². The Morgan fingerprint density at radius 1 is 0.684 bits per heavy atom. The molecule has 0 saturated heterocycles. The normalized spacial score (nSPS) is 12.5. The second-order valence-electron chi connectivity index (χ2n) is 4.27. The van der Waals surface area contributed by atoms with E-state index in [1.807, 2.05) is 60.7 Å². The van der Waals surface area contributed by atoms with Gasteiger partial charge in [0.25, 0.3) is 0 Å². The van der Waals surface area contributed by atoms with Crippen LogP contribution in [0.25, 0.3) is 22.3 Å². The predicted molar refractivity (Wildman–Crippen MR) is 81.7 cm³/mol. The van der Waals surface area contributed by atoms with Crippen molar-refractivity contribution in [3.63, 3.8) is 0 Å². The monoisotopic (exact) mass is 248 g/mol. The van der Waals surface area contributed by atoms with E-state index in [-0.39, 0.29) is 18.1 Å². The number of rotatable bonds is 2. The Labute approximate surface area is 117 Å². The number of nitrogens with two attached hydrogens (primary N) is 1. The van der Waals surface area contributed by atoms with Crippen LogP contribution in [0.4, 0.5) is 5.69 Å².